The first kappa shape index (κ1) is 20.2. The highest BCUT2D eigenvalue weighted by Gasteiger charge is 2.26. The molecule has 0 spiro atoms. The first-order chi connectivity index (χ1) is 14.3. The Morgan fingerprint density at radius 1 is 1.07 bits per heavy atom. The summed E-state index contributed by atoms with van der Waals surface area (Å²) in [6.45, 7) is 1.25. The Morgan fingerprint density at radius 2 is 1.77 bits per heavy atom. The van der Waals surface area contributed by atoms with E-state index in [1.54, 1.807) is 0 Å². The molecule has 3 aromatic rings. The average molecular weight is 431 g/mol. The molecule has 2 N–H and O–H groups in total. The zero-order valence-electron chi connectivity index (χ0n) is 15.7. The quantitative estimate of drug-likeness (QED) is 0.656. The Kier molecular flexibility index (Phi) is 5.37. The van der Waals surface area contributed by atoms with Gasteiger partial charge in [-0.3, -0.25) is 9.59 Å². The number of rotatable bonds is 4. The van der Waals surface area contributed by atoms with Crippen LogP contribution in [0.4, 0.5) is 10.1 Å². The van der Waals surface area contributed by atoms with Crippen molar-refractivity contribution in [2.24, 2.45) is 0 Å². The van der Waals surface area contributed by atoms with Crippen molar-refractivity contribution in [1.82, 2.24) is 9.29 Å². The summed E-state index contributed by atoms with van der Waals surface area (Å²) < 4.78 is 46.1. The highest BCUT2D eigenvalue weighted by molar-refractivity contribution is 7.89. The van der Waals surface area contributed by atoms with Gasteiger partial charge in [-0.2, -0.15) is 4.31 Å². The van der Waals surface area contributed by atoms with Crippen molar-refractivity contribution in [1.29, 1.82) is 0 Å². The molecule has 1 amide bonds. The van der Waals surface area contributed by atoms with E-state index in [-0.39, 0.29) is 34.8 Å². The molecule has 0 saturated carbocycles. The SMILES string of the molecule is O=C(Nc1cc(F)c2[nH]c(=O)ccc2c1)c1ccc(S(=O)(=O)N2CCOCC2)cc1. The van der Waals surface area contributed by atoms with E-state index in [1.807, 2.05) is 0 Å². The van der Waals surface area contributed by atoms with Crippen LogP contribution in [-0.2, 0) is 14.8 Å². The summed E-state index contributed by atoms with van der Waals surface area (Å²) >= 11 is 0. The van der Waals surface area contributed by atoms with Crippen LogP contribution in [0, 0.1) is 5.82 Å². The maximum Gasteiger partial charge on any atom is 0.255 e. The predicted octanol–water partition coefficient (Wildman–Crippen LogP) is 1.94. The molecular weight excluding hydrogens is 413 g/mol. The Morgan fingerprint density at radius 3 is 2.47 bits per heavy atom. The van der Waals surface area contributed by atoms with Crippen molar-refractivity contribution < 1.29 is 22.3 Å². The molecule has 0 aliphatic carbocycles. The van der Waals surface area contributed by atoms with E-state index in [2.05, 4.69) is 10.3 Å². The van der Waals surface area contributed by atoms with Gasteiger partial charge in [0.25, 0.3) is 5.91 Å². The summed E-state index contributed by atoms with van der Waals surface area (Å²) in [4.78, 5) is 26.3. The highest BCUT2D eigenvalue weighted by atomic mass is 32.2. The normalized spacial score (nSPS) is 15.2. The lowest BCUT2D eigenvalue weighted by molar-refractivity contribution is 0.0730. The molecule has 10 heteroatoms. The number of carbonyl (C=O) groups excluding carboxylic acids is 1. The lowest BCUT2D eigenvalue weighted by Gasteiger charge is -2.26. The number of morpholine rings is 1. The van der Waals surface area contributed by atoms with Crippen molar-refractivity contribution in [3.63, 3.8) is 0 Å². The van der Waals surface area contributed by atoms with Crippen LogP contribution >= 0.6 is 0 Å². The van der Waals surface area contributed by atoms with E-state index in [0.29, 0.717) is 18.6 Å². The topological polar surface area (TPSA) is 109 Å². The lowest BCUT2D eigenvalue weighted by Crippen LogP contribution is -2.40. The number of benzene rings is 2. The van der Waals surface area contributed by atoms with Gasteiger partial charge in [-0.05, 0) is 42.5 Å². The maximum absolute atomic E-state index is 14.2. The molecule has 156 valence electrons. The third kappa shape index (κ3) is 3.97. The molecule has 30 heavy (non-hydrogen) atoms. The number of sulfonamides is 1. The molecule has 1 aliphatic heterocycles. The summed E-state index contributed by atoms with van der Waals surface area (Å²) in [7, 11) is -3.65. The number of nitrogens with zero attached hydrogens (tertiary/aromatic N) is 1. The Hall–Kier alpha value is -3.08. The third-order valence-electron chi connectivity index (χ3n) is 4.77. The molecule has 4 rings (SSSR count). The van der Waals surface area contributed by atoms with E-state index >= 15 is 0 Å². The average Bonchev–Trinajstić information content (AvgIpc) is 2.75. The molecule has 2 heterocycles. The Labute approximate surface area is 171 Å². The molecule has 0 bridgehead atoms. The standard InChI is InChI=1S/C20H18FN3O5S/c21-17-12-15(11-14-3-6-18(25)23-19(14)17)22-20(26)13-1-4-16(5-2-13)30(27,28)24-7-9-29-10-8-24/h1-6,11-12H,7-10H2,(H,22,26)(H,23,25). The molecule has 1 aliphatic rings. The number of nitrogens with one attached hydrogen (secondary N) is 2. The predicted molar refractivity (Wildman–Crippen MR) is 108 cm³/mol. The van der Waals surface area contributed by atoms with E-state index in [9.17, 15) is 22.4 Å². The summed E-state index contributed by atoms with van der Waals surface area (Å²) in [5, 5.41) is 3.01. The molecule has 0 unspecified atom stereocenters. The first-order valence-electron chi connectivity index (χ1n) is 9.16. The van der Waals surface area contributed by atoms with E-state index in [1.165, 1.54) is 46.8 Å². The van der Waals surface area contributed by atoms with Crippen LogP contribution in [0.25, 0.3) is 10.9 Å². The number of aromatic nitrogens is 1. The van der Waals surface area contributed by atoms with E-state index in [4.69, 9.17) is 4.74 Å². The lowest BCUT2D eigenvalue weighted by atomic mass is 10.1. The fourth-order valence-electron chi connectivity index (χ4n) is 3.21. The number of hydrogen-bond donors (Lipinski definition) is 2. The summed E-state index contributed by atoms with van der Waals surface area (Å²) in [5.41, 5.74) is 0.0587. The molecule has 2 aromatic carbocycles. The van der Waals surface area contributed by atoms with Crippen molar-refractivity contribution in [3.8, 4) is 0 Å². The fraction of sp³-hybridized carbons (Fsp3) is 0.200. The van der Waals surface area contributed by atoms with Gasteiger partial charge in [0.2, 0.25) is 15.6 Å². The number of anilines is 1. The van der Waals surface area contributed by atoms with Gasteiger partial charge < -0.3 is 15.0 Å². The summed E-state index contributed by atoms with van der Waals surface area (Å²) in [6.07, 6.45) is 0. The third-order valence-corrected chi connectivity index (χ3v) is 6.68. The van der Waals surface area contributed by atoms with Crippen LogP contribution in [0.15, 0.2) is 58.2 Å². The van der Waals surface area contributed by atoms with Crippen LogP contribution in [0.1, 0.15) is 10.4 Å². The van der Waals surface area contributed by atoms with Gasteiger partial charge in [0.05, 0.1) is 23.6 Å². The number of halogens is 1. The largest absolute Gasteiger partial charge is 0.379 e. The minimum Gasteiger partial charge on any atom is -0.379 e. The number of aromatic amines is 1. The van der Waals surface area contributed by atoms with Crippen LogP contribution in [0.5, 0.6) is 0 Å². The second-order valence-corrected chi connectivity index (χ2v) is 8.68. The monoisotopic (exact) mass is 431 g/mol. The zero-order valence-corrected chi connectivity index (χ0v) is 16.5. The Bertz CT molecular complexity index is 1270. The minimum atomic E-state index is -3.65. The van der Waals surface area contributed by atoms with Crippen molar-refractivity contribution in [3.05, 3.63) is 70.3 Å². The van der Waals surface area contributed by atoms with Gasteiger partial charge in [0.15, 0.2) is 0 Å². The maximum atomic E-state index is 14.2. The van der Waals surface area contributed by atoms with Gasteiger partial charge in [-0.15, -0.1) is 0 Å². The molecule has 0 atom stereocenters. The summed E-state index contributed by atoms with van der Waals surface area (Å²) in [5.74, 6) is -1.19. The minimum absolute atomic E-state index is 0.0539. The van der Waals surface area contributed by atoms with Crippen molar-refractivity contribution in [2.75, 3.05) is 31.6 Å². The van der Waals surface area contributed by atoms with Gasteiger partial charge in [0.1, 0.15) is 5.82 Å². The smallest absolute Gasteiger partial charge is 0.255 e. The highest BCUT2D eigenvalue weighted by Crippen LogP contribution is 2.22. The number of fused-ring (bicyclic) bond motifs is 1. The number of ether oxygens (including phenoxy) is 1. The van der Waals surface area contributed by atoms with E-state index < -0.39 is 27.3 Å². The van der Waals surface area contributed by atoms with Crippen LogP contribution in [0.2, 0.25) is 0 Å². The number of amides is 1. The summed E-state index contributed by atoms with van der Waals surface area (Å²) in [6, 6.07) is 10.9. The molecule has 8 nitrogen and oxygen atoms in total. The van der Waals surface area contributed by atoms with Gasteiger partial charge >= 0.3 is 0 Å². The number of carbonyl (C=O) groups is 1. The van der Waals surface area contributed by atoms with Crippen LogP contribution in [0.3, 0.4) is 0 Å². The van der Waals surface area contributed by atoms with E-state index in [0.717, 1.165) is 6.07 Å². The number of pyridine rings is 1. The zero-order chi connectivity index (χ0) is 21.3. The number of hydrogen-bond acceptors (Lipinski definition) is 5. The van der Waals surface area contributed by atoms with Gasteiger partial charge in [0, 0.05) is 35.8 Å². The van der Waals surface area contributed by atoms with Crippen molar-refractivity contribution >= 4 is 32.5 Å². The first-order valence-corrected chi connectivity index (χ1v) is 10.6. The number of H-pyrrole nitrogens is 1. The van der Waals surface area contributed by atoms with Crippen molar-refractivity contribution in [2.45, 2.75) is 4.90 Å². The fourth-order valence-corrected chi connectivity index (χ4v) is 4.62. The van der Waals surface area contributed by atoms with Crippen LogP contribution < -0.4 is 10.9 Å². The van der Waals surface area contributed by atoms with Gasteiger partial charge in [-0.1, -0.05) is 0 Å². The second-order valence-electron chi connectivity index (χ2n) is 6.74. The molecular formula is C20H18FN3O5S. The second kappa shape index (κ2) is 7.98. The Balaban J connectivity index is 1.53. The van der Waals surface area contributed by atoms with Gasteiger partial charge in [-0.25, -0.2) is 12.8 Å². The molecule has 0 radical (unpaired) electrons. The molecule has 1 fully saturated rings. The van der Waals surface area contributed by atoms with Crippen LogP contribution in [-0.4, -0.2) is 49.9 Å². The molecule has 1 aromatic heterocycles. The molecule has 1 saturated heterocycles.